The number of aliphatic hydroxyl groups is 3. The maximum absolute atomic E-state index is 12.4. The van der Waals surface area contributed by atoms with Crippen LogP contribution < -0.4 is 5.32 Å². The quantitative estimate of drug-likeness (QED) is 0.495. The molecule has 0 saturated carbocycles. The second-order valence-corrected chi connectivity index (χ2v) is 6.75. The number of hydrogen-bond acceptors (Lipinski definition) is 8. The van der Waals surface area contributed by atoms with E-state index in [0.29, 0.717) is 16.7 Å². The van der Waals surface area contributed by atoms with Crippen LogP contribution in [0.15, 0.2) is 43.0 Å². The summed E-state index contributed by atoms with van der Waals surface area (Å²) < 4.78 is 7.04. The first-order valence-corrected chi connectivity index (χ1v) is 8.64. The van der Waals surface area contributed by atoms with Gasteiger partial charge in [-0.1, -0.05) is 18.2 Å². The lowest BCUT2D eigenvalue weighted by atomic mass is 9.96. The van der Waals surface area contributed by atoms with Crippen LogP contribution in [0, 0.1) is 0 Å². The Kier molecular flexibility index (Phi) is 4.55. The molecule has 3 heterocycles. The number of nitrogens with one attached hydrogen (secondary N) is 1. The summed E-state index contributed by atoms with van der Waals surface area (Å²) in [6.45, 7) is 0.955. The Morgan fingerprint density at radius 2 is 2.04 bits per heavy atom. The van der Waals surface area contributed by atoms with Crippen molar-refractivity contribution < 1.29 is 24.9 Å². The van der Waals surface area contributed by atoms with E-state index in [4.69, 9.17) is 4.74 Å². The van der Waals surface area contributed by atoms with Gasteiger partial charge in [0.1, 0.15) is 24.1 Å². The third-order valence-electron chi connectivity index (χ3n) is 4.81. The van der Waals surface area contributed by atoms with Crippen molar-refractivity contribution in [1.29, 1.82) is 0 Å². The van der Waals surface area contributed by atoms with E-state index >= 15 is 0 Å². The monoisotopic (exact) mass is 385 g/mol. The van der Waals surface area contributed by atoms with Crippen LogP contribution in [0.5, 0.6) is 0 Å². The fraction of sp³-hybridized carbons (Fsp3) is 0.333. The number of carbonyl (C=O) groups is 1. The maximum atomic E-state index is 12.4. The van der Waals surface area contributed by atoms with Crippen LogP contribution in [0.3, 0.4) is 0 Å². The minimum Gasteiger partial charge on any atom is -0.394 e. The molecule has 4 N–H and O–H groups in total. The van der Waals surface area contributed by atoms with E-state index in [1.807, 2.05) is 6.07 Å². The number of aliphatic hydroxyl groups excluding tert-OH is 2. The summed E-state index contributed by atoms with van der Waals surface area (Å²) in [5.74, 6) is -0.149. The van der Waals surface area contributed by atoms with Crippen LogP contribution in [0.2, 0.25) is 0 Å². The molecule has 28 heavy (non-hydrogen) atoms. The topological polar surface area (TPSA) is 143 Å². The van der Waals surface area contributed by atoms with Crippen LogP contribution in [0.4, 0.5) is 5.82 Å². The highest BCUT2D eigenvalue weighted by molar-refractivity contribution is 6.06. The lowest BCUT2D eigenvalue weighted by Gasteiger charge is -2.27. The van der Waals surface area contributed by atoms with Crippen LogP contribution in [0.1, 0.15) is 23.5 Å². The largest absolute Gasteiger partial charge is 0.394 e. The molecular formula is C18H19N5O5. The van der Waals surface area contributed by atoms with Crippen LogP contribution in [0.25, 0.3) is 11.2 Å². The lowest BCUT2D eigenvalue weighted by Crippen LogP contribution is -2.44. The minimum atomic E-state index is -1.68. The van der Waals surface area contributed by atoms with Gasteiger partial charge in [0.05, 0.1) is 12.9 Å². The molecule has 146 valence electrons. The lowest BCUT2D eigenvalue weighted by molar-refractivity contribution is -0.0950. The molecule has 0 bridgehead atoms. The summed E-state index contributed by atoms with van der Waals surface area (Å²) in [6.07, 6.45) is -0.638. The molecule has 10 heteroatoms. The number of nitrogens with zero attached hydrogens (tertiary/aromatic N) is 4. The van der Waals surface area contributed by atoms with Crippen molar-refractivity contribution in [3.05, 3.63) is 48.5 Å². The maximum Gasteiger partial charge on any atom is 0.256 e. The first-order valence-electron chi connectivity index (χ1n) is 8.64. The zero-order chi connectivity index (χ0) is 19.9. The van der Waals surface area contributed by atoms with Crippen LogP contribution in [-0.4, -0.2) is 65.2 Å². The van der Waals surface area contributed by atoms with E-state index < -0.39 is 30.6 Å². The van der Waals surface area contributed by atoms with Gasteiger partial charge < -0.3 is 25.4 Å². The van der Waals surface area contributed by atoms with Crippen molar-refractivity contribution in [2.24, 2.45) is 0 Å². The van der Waals surface area contributed by atoms with Crippen molar-refractivity contribution in [3.63, 3.8) is 0 Å². The number of benzene rings is 1. The van der Waals surface area contributed by atoms with E-state index in [2.05, 4.69) is 20.3 Å². The fourth-order valence-corrected chi connectivity index (χ4v) is 3.27. The van der Waals surface area contributed by atoms with Gasteiger partial charge in [-0.15, -0.1) is 0 Å². The molecule has 0 radical (unpaired) electrons. The molecule has 1 fully saturated rings. The van der Waals surface area contributed by atoms with E-state index in [9.17, 15) is 20.1 Å². The molecule has 0 aliphatic carbocycles. The third-order valence-corrected chi connectivity index (χ3v) is 4.81. The van der Waals surface area contributed by atoms with Gasteiger partial charge in [0.15, 0.2) is 23.2 Å². The number of imidazole rings is 1. The highest BCUT2D eigenvalue weighted by Gasteiger charge is 2.53. The smallest absolute Gasteiger partial charge is 0.256 e. The summed E-state index contributed by atoms with van der Waals surface area (Å²) >= 11 is 0. The van der Waals surface area contributed by atoms with Crippen LogP contribution >= 0.6 is 0 Å². The first kappa shape index (κ1) is 18.4. The Morgan fingerprint density at radius 1 is 1.29 bits per heavy atom. The normalized spacial score (nSPS) is 27.2. The van der Waals surface area contributed by atoms with E-state index in [1.165, 1.54) is 24.1 Å². The van der Waals surface area contributed by atoms with Gasteiger partial charge in [-0.05, 0) is 19.1 Å². The Balaban J connectivity index is 1.69. The Hall–Kier alpha value is -2.92. The molecule has 1 saturated heterocycles. The standard InChI is InChI=1S/C18H19N5O5/c1-18(27)13(25)11(7-24)28-17(18)23-9-21-12-14(19-8-20-15(12)23)22-16(26)10-5-3-2-4-6-10/h2-6,8-9,11,13,17,24-25,27H,7H2,1H3,(H,19,20,22,26)/t11-,13-,17-,18-/m1/s1. The predicted octanol–water partition coefficient (Wildman–Crippen LogP) is 0.0802. The van der Waals surface area contributed by atoms with Crippen molar-refractivity contribution in [2.45, 2.75) is 31.0 Å². The number of amides is 1. The second-order valence-electron chi connectivity index (χ2n) is 6.75. The third kappa shape index (κ3) is 2.92. The fourth-order valence-electron chi connectivity index (χ4n) is 3.27. The number of aromatic nitrogens is 4. The first-order chi connectivity index (χ1) is 13.4. The van der Waals surface area contributed by atoms with E-state index in [1.54, 1.807) is 24.3 Å². The van der Waals surface area contributed by atoms with E-state index in [-0.39, 0.29) is 11.7 Å². The summed E-state index contributed by atoms with van der Waals surface area (Å²) in [4.78, 5) is 24.9. The minimum absolute atomic E-state index is 0.203. The Morgan fingerprint density at radius 3 is 2.71 bits per heavy atom. The Labute approximate surface area is 159 Å². The average molecular weight is 385 g/mol. The molecule has 4 atom stereocenters. The molecule has 1 amide bonds. The highest BCUT2D eigenvalue weighted by atomic mass is 16.6. The zero-order valence-electron chi connectivity index (χ0n) is 14.9. The second kappa shape index (κ2) is 6.91. The molecule has 1 aliphatic heterocycles. The zero-order valence-corrected chi connectivity index (χ0v) is 14.9. The predicted molar refractivity (Wildman–Crippen MR) is 97.3 cm³/mol. The molecule has 1 aromatic carbocycles. The molecule has 3 aromatic rings. The highest BCUT2D eigenvalue weighted by Crippen LogP contribution is 2.39. The molecule has 0 unspecified atom stereocenters. The molecule has 0 spiro atoms. The number of rotatable bonds is 4. The number of anilines is 1. The van der Waals surface area contributed by atoms with Crippen LogP contribution in [-0.2, 0) is 4.74 Å². The summed E-state index contributed by atoms with van der Waals surface area (Å²) in [5.41, 5.74) is -0.619. The van der Waals surface area contributed by atoms with Gasteiger partial charge in [-0.25, -0.2) is 15.0 Å². The van der Waals surface area contributed by atoms with Crippen molar-refractivity contribution in [3.8, 4) is 0 Å². The van der Waals surface area contributed by atoms with Gasteiger partial charge in [-0.3, -0.25) is 9.36 Å². The number of hydrogen-bond donors (Lipinski definition) is 4. The van der Waals surface area contributed by atoms with Gasteiger partial charge in [0, 0.05) is 5.56 Å². The van der Waals surface area contributed by atoms with Gasteiger partial charge >= 0.3 is 0 Å². The molecule has 10 nitrogen and oxygen atoms in total. The summed E-state index contributed by atoms with van der Waals surface area (Å²) in [5, 5.41) is 32.9. The molecule has 1 aliphatic rings. The SMILES string of the molecule is C[C@@]1(O)[C@H](O)[C@@H](CO)O[C@H]1n1cnc2c(NC(=O)c3ccccc3)ncnc21. The average Bonchev–Trinajstić information content (AvgIpc) is 3.22. The van der Waals surface area contributed by atoms with Crippen molar-refractivity contribution >= 4 is 22.9 Å². The number of fused-ring (bicyclic) bond motifs is 1. The van der Waals surface area contributed by atoms with Crippen molar-refractivity contribution in [2.75, 3.05) is 11.9 Å². The number of carbonyl (C=O) groups excluding carboxylic acids is 1. The van der Waals surface area contributed by atoms with Gasteiger partial charge in [0.25, 0.3) is 5.91 Å². The molecular weight excluding hydrogens is 366 g/mol. The number of ether oxygens (including phenoxy) is 1. The summed E-state index contributed by atoms with van der Waals surface area (Å²) in [7, 11) is 0. The molecule has 2 aromatic heterocycles. The molecule has 4 rings (SSSR count). The van der Waals surface area contributed by atoms with Crippen molar-refractivity contribution in [1.82, 2.24) is 19.5 Å². The van der Waals surface area contributed by atoms with E-state index in [0.717, 1.165) is 0 Å². The van der Waals surface area contributed by atoms with Gasteiger partial charge in [0.2, 0.25) is 0 Å². The Bertz CT molecular complexity index is 1010. The summed E-state index contributed by atoms with van der Waals surface area (Å²) in [6, 6.07) is 8.66. The van der Waals surface area contributed by atoms with Gasteiger partial charge in [-0.2, -0.15) is 0 Å².